The average molecular weight is 386 g/mol. The molecule has 27 heavy (non-hydrogen) atoms. The number of hydrogen-bond donors (Lipinski definition) is 2. The predicted octanol–water partition coefficient (Wildman–Crippen LogP) is 3.43. The Balaban J connectivity index is 1.76. The van der Waals surface area contributed by atoms with E-state index in [2.05, 4.69) is 15.8 Å². The maximum Gasteiger partial charge on any atom is 0.257 e. The largest absolute Gasteiger partial charge is 0.360 e. The van der Waals surface area contributed by atoms with E-state index in [1.165, 1.54) is 6.07 Å². The number of benzene rings is 1. The first-order chi connectivity index (χ1) is 13.0. The molecule has 0 spiro atoms. The summed E-state index contributed by atoms with van der Waals surface area (Å²) in [5, 5.41) is 10.2. The Hall–Kier alpha value is -2.74. The molecule has 4 rings (SSSR count). The third kappa shape index (κ3) is 3.32. The van der Waals surface area contributed by atoms with Crippen LogP contribution in [0.3, 0.4) is 0 Å². The van der Waals surface area contributed by atoms with Crippen molar-refractivity contribution in [2.75, 3.05) is 5.32 Å². The van der Waals surface area contributed by atoms with E-state index in [1.807, 2.05) is 11.8 Å². The van der Waals surface area contributed by atoms with Gasteiger partial charge in [-0.15, -0.1) is 0 Å². The smallest absolute Gasteiger partial charge is 0.257 e. The molecule has 140 valence electrons. The molecule has 8 heteroatoms. The van der Waals surface area contributed by atoms with Gasteiger partial charge in [0, 0.05) is 23.4 Å². The van der Waals surface area contributed by atoms with E-state index in [4.69, 9.17) is 16.7 Å². The van der Waals surface area contributed by atoms with Crippen LogP contribution in [-0.2, 0) is 4.79 Å². The number of nitrogens with one attached hydrogen (secondary N) is 2. The van der Waals surface area contributed by atoms with E-state index >= 15 is 0 Å². The number of allylic oxidation sites excluding steroid dienone is 1. The summed E-state index contributed by atoms with van der Waals surface area (Å²) in [5.41, 5.74) is 1.52. The van der Waals surface area contributed by atoms with Gasteiger partial charge in [0.05, 0.1) is 11.6 Å². The number of aryl methyl sites for hydroxylation is 1. The Morgan fingerprint density at radius 2 is 2.11 bits per heavy atom. The molecule has 1 aromatic heterocycles. The van der Waals surface area contributed by atoms with Gasteiger partial charge in [0.15, 0.2) is 10.9 Å². The second-order valence-electron chi connectivity index (χ2n) is 6.78. The Labute approximate surface area is 161 Å². The highest BCUT2D eigenvalue weighted by Gasteiger charge is 2.41. The zero-order valence-corrected chi connectivity index (χ0v) is 15.8. The second-order valence-corrected chi connectivity index (χ2v) is 7.17. The molecule has 0 saturated heterocycles. The van der Waals surface area contributed by atoms with E-state index in [0.29, 0.717) is 27.8 Å². The molecule has 0 radical (unpaired) electrons. The van der Waals surface area contributed by atoms with Crippen molar-refractivity contribution in [3.05, 3.63) is 58.7 Å². The first-order valence-corrected chi connectivity index (χ1v) is 9.16. The number of halogens is 1. The van der Waals surface area contributed by atoms with Gasteiger partial charge >= 0.3 is 0 Å². The molecule has 2 aromatic rings. The van der Waals surface area contributed by atoms with Gasteiger partial charge in [0.25, 0.3) is 5.91 Å². The topological polar surface area (TPSA) is 70.4 Å². The summed E-state index contributed by atoms with van der Waals surface area (Å²) in [4.78, 5) is 15.0. The maximum atomic E-state index is 14.5. The number of aromatic nitrogens is 1. The van der Waals surface area contributed by atoms with Crippen molar-refractivity contribution in [1.82, 2.24) is 15.4 Å². The fourth-order valence-electron chi connectivity index (χ4n) is 3.38. The quantitative estimate of drug-likeness (QED) is 0.785. The summed E-state index contributed by atoms with van der Waals surface area (Å²) in [6, 6.07) is 7.62. The molecule has 1 aliphatic heterocycles. The lowest BCUT2D eigenvalue weighted by molar-refractivity contribution is -0.113. The van der Waals surface area contributed by atoms with Crippen molar-refractivity contribution >= 4 is 29.1 Å². The van der Waals surface area contributed by atoms with Gasteiger partial charge in [-0.05, 0) is 45.0 Å². The molecule has 1 amide bonds. The number of thiocarbonyl (C=S) groups is 1. The fraction of sp³-hybridized carbons (Fsp3) is 0.316. The predicted molar refractivity (Wildman–Crippen MR) is 102 cm³/mol. The normalized spacial score (nSPS) is 19.9. The van der Waals surface area contributed by atoms with E-state index < -0.39 is 11.9 Å². The van der Waals surface area contributed by atoms with Crippen molar-refractivity contribution in [2.45, 2.75) is 38.8 Å². The van der Waals surface area contributed by atoms with Crippen LogP contribution < -0.4 is 10.6 Å². The van der Waals surface area contributed by atoms with Gasteiger partial charge in [-0.3, -0.25) is 4.79 Å². The number of rotatable bonds is 4. The molecule has 2 aliphatic rings. The summed E-state index contributed by atoms with van der Waals surface area (Å²) in [7, 11) is 0. The highest BCUT2D eigenvalue weighted by atomic mass is 32.1. The lowest BCUT2D eigenvalue weighted by atomic mass is 9.93. The van der Waals surface area contributed by atoms with Crippen LogP contribution in [0.2, 0.25) is 0 Å². The molecule has 1 atom stereocenters. The Morgan fingerprint density at radius 3 is 2.74 bits per heavy atom. The Bertz CT molecular complexity index is 951. The number of anilines is 1. The van der Waals surface area contributed by atoms with Crippen LogP contribution >= 0.6 is 12.2 Å². The van der Waals surface area contributed by atoms with Gasteiger partial charge in [0.2, 0.25) is 0 Å². The van der Waals surface area contributed by atoms with Crippen molar-refractivity contribution in [3.63, 3.8) is 0 Å². The lowest BCUT2D eigenvalue weighted by Crippen LogP contribution is -2.49. The van der Waals surface area contributed by atoms with Gasteiger partial charge in [-0.25, -0.2) is 4.39 Å². The van der Waals surface area contributed by atoms with Gasteiger partial charge in [-0.2, -0.15) is 0 Å². The Kier molecular flexibility index (Phi) is 4.43. The van der Waals surface area contributed by atoms with Crippen LogP contribution in [0.1, 0.15) is 37.1 Å². The molecule has 1 aromatic carbocycles. The summed E-state index contributed by atoms with van der Waals surface area (Å²) in [5.74, 6) is 0.142. The minimum atomic E-state index is -0.679. The monoisotopic (exact) mass is 386 g/mol. The van der Waals surface area contributed by atoms with Crippen molar-refractivity contribution in [1.29, 1.82) is 0 Å². The minimum absolute atomic E-state index is 0.281. The Morgan fingerprint density at radius 1 is 1.37 bits per heavy atom. The van der Waals surface area contributed by atoms with Crippen LogP contribution in [0.15, 0.2) is 46.1 Å². The first kappa shape index (κ1) is 17.7. The van der Waals surface area contributed by atoms with Gasteiger partial charge in [0.1, 0.15) is 11.6 Å². The zero-order chi connectivity index (χ0) is 19.1. The van der Waals surface area contributed by atoms with E-state index in [0.717, 1.165) is 18.5 Å². The number of amides is 1. The molecular formula is C19H19FN4O2S. The van der Waals surface area contributed by atoms with Crippen LogP contribution in [-0.4, -0.2) is 27.1 Å². The fourth-order valence-corrected chi connectivity index (χ4v) is 3.78. The molecule has 6 nitrogen and oxygen atoms in total. The van der Waals surface area contributed by atoms with Gasteiger partial charge in [-0.1, -0.05) is 23.4 Å². The van der Waals surface area contributed by atoms with Gasteiger partial charge < -0.3 is 20.1 Å². The number of carbonyl (C=O) groups is 1. The van der Waals surface area contributed by atoms with Crippen LogP contribution in [0.4, 0.5) is 10.2 Å². The molecule has 2 heterocycles. The lowest BCUT2D eigenvalue weighted by Gasteiger charge is -2.38. The van der Waals surface area contributed by atoms with Crippen molar-refractivity contribution in [2.24, 2.45) is 0 Å². The van der Waals surface area contributed by atoms with Crippen LogP contribution in [0.5, 0.6) is 0 Å². The average Bonchev–Trinajstić information content (AvgIpc) is 3.36. The number of nitrogens with zero attached hydrogens (tertiary/aromatic N) is 2. The zero-order valence-electron chi connectivity index (χ0n) is 15.0. The molecule has 1 aliphatic carbocycles. The first-order valence-electron chi connectivity index (χ1n) is 8.75. The standard InChI is InChI=1S/C19H19FN4O2S/c1-10-9-15(23-26-10)21-18(25)16-11(2)24(12-7-8-12)19(27)22-17(16)13-5-3-4-6-14(13)20/h3-6,9,12,17H,7-8H2,1-2H3,(H,22,27)(H,21,23,25)/t17-/m1/s1. The summed E-state index contributed by atoms with van der Waals surface area (Å²) >= 11 is 5.51. The highest BCUT2D eigenvalue weighted by Crippen LogP contribution is 2.38. The third-order valence-corrected chi connectivity index (χ3v) is 5.08. The van der Waals surface area contributed by atoms with E-state index in [1.54, 1.807) is 31.2 Å². The number of carbonyl (C=O) groups excluding carboxylic acids is 1. The minimum Gasteiger partial charge on any atom is -0.360 e. The molecule has 1 fully saturated rings. The summed E-state index contributed by atoms with van der Waals surface area (Å²) < 4.78 is 19.5. The van der Waals surface area contributed by atoms with Crippen LogP contribution in [0, 0.1) is 12.7 Å². The maximum absolute atomic E-state index is 14.5. The number of hydrogen-bond acceptors (Lipinski definition) is 4. The van der Waals surface area contributed by atoms with Crippen molar-refractivity contribution < 1.29 is 13.7 Å². The SMILES string of the molecule is CC1=C(C(=O)Nc2cc(C)on2)[C@@H](c2ccccc2F)NC(=S)N1C1CC1. The summed E-state index contributed by atoms with van der Waals surface area (Å²) in [6.07, 6.45) is 2.03. The van der Waals surface area contributed by atoms with E-state index in [9.17, 15) is 9.18 Å². The van der Waals surface area contributed by atoms with E-state index in [-0.39, 0.29) is 11.9 Å². The molecule has 1 saturated carbocycles. The summed E-state index contributed by atoms with van der Waals surface area (Å²) in [6.45, 7) is 3.59. The third-order valence-electron chi connectivity index (χ3n) is 4.77. The molecular weight excluding hydrogens is 367 g/mol. The van der Waals surface area contributed by atoms with Crippen molar-refractivity contribution in [3.8, 4) is 0 Å². The molecule has 0 unspecified atom stereocenters. The highest BCUT2D eigenvalue weighted by molar-refractivity contribution is 7.80. The molecule has 0 bridgehead atoms. The van der Waals surface area contributed by atoms with Crippen LogP contribution in [0.25, 0.3) is 0 Å². The molecule has 2 N–H and O–H groups in total. The second kappa shape index (κ2) is 6.77.